The molecule has 0 aliphatic carbocycles. The van der Waals surface area contributed by atoms with Crippen molar-refractivity contribution in [2.24, 2.45) is 7.05 Å². The van der Waals surface area contributed by atoms with E-state index in [1.165, 1.54) is 12.1 Å². The molecule has 116 valence electrons. The van der Waals surface area contributed by atoms with Crippen LogP contribution in [0.4, 0.5) is 4.39 Å². The predicted molar refractivity (Wildman–Crippen MR) is 81.2 cm³/mol. The van der Waals surface area contributed by atoms with Crippen molar-refractivity contribution in [3.63, 3.8) is 0 Å². The summed E-state index contributed by atoms with van der Waals surface area (Å²) in [6, 6.07) is 7.39. The molecule has 22 heavy (non-hydrogen) atoms. The summed E-state index contributed by atoms with van der Waals surface area (Å²) in [5.74, 6) is -0.576. The van der Waals surface area contributed by atoms with Crippen LogP contribution in [-0.2, 0) is 7.05 Å². The molecule has 1 aliphatic heterocycles. The number of benzene rings is 1. The molecule has 2 aromatic rings. The van der Waals surface area contributed by atoms with Crippen LogP contribution in [-0.4, -0.2) is 33.1 Å². The Morgan fingerprint density at radius 2 is 2.18 bits per heavy atom. The van der Waals surface area contributed by atoms with Crippen LogP contribution in [0.25, 0.3) is 0 Å². The Morgan fingerprint density at radius 3 is 2.82 bits per heavy atom. The van der Waals surface area contributed by atoms with Crippen LogP contribution in [0.2, 0.25) is 5.02 Å². The van der Waals surface area contributed by atoms with Gasteiger partial charge in [0.15, 0.2) is 0 Å². The van der Waals surface area contributed by atoms with Crippen LogP contribution in [0.5, 0.6) is 0 Å². The highest BCUT2D eigenvalue weighted by Crippen LogP contribution is 2.34. The molecule has 2 heterocycles. The van der Waals surface area contributed by atoms with Gasteiger partial charge in [-0.1, -0.05) is 23.7 Å². The minimum absolute atomic E-state index is 0.222. The van der Waals surface area contributed by atoms with E-state index in [2.05, 4.69) is 0 Å². The Morgan fingerprint density at radius 1 is 1.41 bits per heavy atom. The van der Waals surface area contributed by atoms with Gasteiger partial charge in [-0.25, -0.2) is 4.39 Å². The first kappa shape index (κ1) is 15.1. The molecule has 4 nitrogen and oxygen atoms in total. The number of aromatic nitrogens is 1. The summed E-state index contributed by atoms with van der Waals surface area (Å²) >= 11 is 5.93. The normalized spacial score (nSPS) is 21.4. The maximum absolute atomic E-state index is 13.4. The highest BCUT2D eigenvalue weighted by molar-refractivity contribution is 6.31. The van der Waals surface area contributed by atoms with Gasteiger partial charge in [-0.2, -0.15) is 0 Å². The Balaban J connectivity index is 1.94. The number of aliphatic hydroxyl groups excluding tert-OH is 1. The second kappa shape index (κ2) is 5.74. The second-order valence-electron chi connectivity index (χ2n) is 5.57. The second-order valence-corrected chi connectivity index (χ2v) is 6.01. The first-order valence-corrected chi connectivity index (χ1v) is 7.40. The monoisotopic (exact) mass is 322 g/mol. The molecular formula is C16H16ClFN2O2. The number of carbonyl (C=O) groups is 1. The number of hydrogen-bond acceptors (Lipinski definition) is 2. The van der Waals surface area contributed by atoms with E-state index in [9.17, 15) is 14.3 Å². The number of amides is 1. The minimum Gasteiger partial charge on any atom is -0.391 e. The third-order valence-corrected chi connectivity index (χ3v) is 4.17. The molecule has 1 amide bonds. The first-order chi connectivity index (χ1) is 10.5. The van der Waals surface area contributed by atoms with Gasteiger partial charge in [-0.05, 0) is 30.2 Å². The highest BCUT2D eigenvalue weighted by Gasteiger charge is 2.36. The molecule has 1 aromatic carbocycles. The van der Waals surface area contributed by atoms with Gasteiger partial charge in [0.25, 0.3) is 5.91 Å². The van der Waals surface area contributed by atoms with Crippen molar-refractivity contribution in [1.29, 1.82) is 0 Å². The molecule has 1 N–H and O–H groups in total. The number of nitrogens with zero attached hydrogens (tertiary/aromatic N) is 2. The van der Waals surface area contributed by atoms with Crippen LogP contribution in [0.1, 0.15) is 28.5 Å². The van der Waals surface area contributed by atoms with Crippen molar-refractivity contribution in [3.05, 3.63) is 58.6 Å². The van der Waals surface area contributed by atoms with Crippen molar-refractivity contribution >= 4 is 17.5 Å². The number of halogens is 2. The van der Waals surface area contributed by atoms with E-state index in [0.717, 1.165) is 0 Å². The van der Waals surface area contributed by atoms with Gasteiger partial charge < -0.3 is 14.6 Å². The Hall–Kier alpha value is -1.85. The number of rotatable bonds is 2. The summed E-state index contributed by atoms with van der Waals surface area (Å²) in [7, 11) is 1.74. The van der Waals surface area contributed by atoms with Crippen LogP contribution in [0.15, 0.2) is 36.5 Å². The maximum atomic E-state index is 13.4. The molecule has 0 saturated carbocycles. The summed E-state index contributed by atoms with van der Waals surface area (Å²) < 4.78 is 15.1. The molecule has 0 radical (unpaired) electrons. The zero-order valence-corrected chi connectivity index (χ0v) is 12.8. The van der Waals surface area contributed by atoms with Gasteiger partial charge in [-0.3, -0.25) is 4.79 Å². The third-order valence-electron chi connectivity index (χ3n) is 3.96. The zero-order valence-electron chi connectivity index (χ0n) is 12.0. The fourth-order valence-corrected chi connectivity index (χ4v) is 3.20. The van der Waals surface area contributed by atoms with Crippen molar-refractivity contribution in [2.75, 3.05) is 6.54 Å². The van der Waals surface area contributed by atoms with Gasteiger partial charge >= 0.3 is 0 Å². The fraction of sp³-hybridized carbons (Fsp3) is 0.312. The summed E-state index contributed by atoms with van der Waals surface area (Å²) in [5.41, 5.74) is 1.13. The van der Waals surface area contributed by atoms with Crippen LogP contribution in [0, 0.1) is 5.82 Å². The summed E-state index contributed by atoms with van der Waals surface area (Å²) in [4.78, 5) is 14.3. The molecule has 3 rings (SSSR count). The van der Waals surface area contributed by atoms with Crippen molar-refractivity contribution in [2.45, 2.75) is 18.6 Å². The van der Waals surface area contributed by atoms with Gasteiger partial charge in [0, 0.05) is 19.8 Å². The average Bonchev–Trinajstić information content (AvgIpc) is 3.01. The third kappa shape index (κ3) is 2.74. The summed E-state index contributed by atoms with van der Waals surface area (Å²) in [6.45, 7) is 0.225. The van der Waals surface area contributed by atoms with E-state index in [1.54, 1.807) is 40.9 Å². The molecule has 0 spiro atoms. The van der Waals surface area contributed by atoms with Gasteiger partial charge in [0.05, 0.1) is 17.2 Å². The lowest BCUT2D eigenvalue weighted by Crippen LogP contribution is -2.33. The summed E-state index contributed by atoms with van der Waals surface area (Å²) in [5, 5.41) is 10.4. The SMILES string of the molecule is Cn1cc(Cl)cc1C(=O)N1C[C@@H](O)C[C@H]1c1cccc(F)c1. The average molecular weight is 323 g/mol. The lowest BCUT2D eigenvalue weighted by molar-refractivity contribution is 0.0706. The Labute approximate surface area is 132 Å². The van der Waals surface area contributed by atoms with Gasteiger partial charge in [-0.15, -0.1) is 0 Å². The van der Waals surface area contributed by atoms with Crippen LogP contribution in [0.3, 0.4) is 0 Å². The Kier molecular flexibility index (Phi) is 3.93. The largest absolute Gasteiger partial charge is 0.391 e. The quantitative estimate of drug-likeness (QED) is 0.924. The van der Waals surface area contributed by atoms with Crippen molar-refractivity contribution in [1.82, 2.24) is 9.47 Å². The van der Waals surface area contributed by atoms with Gasteiger partial charge in [0.2, 0.25) is 0 Å². The number of β-amino-alcohol motifs (C(OH)–C–C–N with tert-alkyl or cyclic N) is 1. The molecular weight excluding hydrogens is 307 g/mol. The zero-order chi connectivity index (χ0) is 15.9. The lowest BCUT2D eigenvalue weighted by Gasteiger charge is -2.25. The molecule has 0 bridgehead atoms. The molecule has 1 aliphatic rings. The molecule has 1 saturated heterocycles. The number of aliphatic hydroxyl groups is 1. The highest BCUT2D eigenvalue weighted by atomic mass is 35.5. The van der Waals surface area contributed by atoms with Crippen LogP contribution >= 0.6 is 11.6 Å². The van der Waals surface area contributed by atoms with E-state index in [0.29, 0.717) is 22.7 Å². The molecule has 6 heteroatoms. The van der Waals surface area contributed by atoms with E-state index in [4.69, 9.17) is 11.6 Å². The van der Waals surface area contributed by atoms with E-state index >= 15 is 0 Å². The number of carbonyl (C=O) groups excluding carboxylic acids is 1. The van der Waals surface area contributed by atoms with E-state index in [-0.39, 0.29) is 24.3 Å². The Bertz CT molecular complexity index is 716. The number of aryl methyl sites for hydroxylation is 1. The molecule has 1 aromatic heterocycles. The van der Waals surface area contributed by atoms with Crippen molar-refractivity contribution < 1.29 is 14.3 Å². The van der Waals surface area contributed by atoms with Crippen molar-refractivity contribution in [3.8, 4) is 0 Å². The van der Waals surface area contributed by atoms with Gasteiger partial charge in [0.1, 0.15) is 11.5 Å². The maximum Gasteiger partial charge on any atom is 0.271 e. The lowest BCUT2D eigenvalue weighted by atomic mass is 10.0. The van der Waals surface area contributed by atoms with E-state index < -0.39 is 6.10 Å². The summed E-state index contributed by atoms with van der Waals surface area (Å²) in [6.07, 6.45) is 1.43. The number of hydrogen-bond donors (Lipinski definition) is 1. The molecule has 0 unspecified atom stereocenters. The smallest absolute Gasteiger partial charge is 0.271 e. The minimum atomic E-state index is -0.618. The fourth-order valence-electron chi connectivity index (χ4n) is 2.95. The first-order valence-electron chi connectivity index (χ1n) is 7.02. The topological polar surface area (TPSA) is 45.5 Å². The molecule has 2 atom stereocenters. The molecule has 1 fully saturated rings. The predicted octanol–water partition coefficient (Wildman–Crippen LogP) is 2.77. The standard InChI is InChI=1S/C16H16ClFN2O2/c1-19-8-11(17)6-15(19)16(22)20-9-13(21)7-14(20)10-3-2-4-12(18)5-10/h2-6,8,13-14,21H,7,9H2,1H3/t13-,14-/m0/s1. The number of likely N-dealkylation sites (tertiary alicyclic amines) is 1. The van der Waals surface area contributed by atoms with Crippen LogP contribution < -0.4 is 0 Å². The van der Waals surface area contributed by atoms with E-state index in [1.807, 2.05) is 0 Å².